The van der Waals surface area contributed by atoms with Crippen LogP contribution in [0.25, 0.3) is 0 Å². The molecular formula is C23H35N3Na2O21. The van der Waals surface area contributed by atoms with Gasteiger partial charge in [-0.05, 0) is 0 Å². The minimum absolute atomic E-state index is 0. The maximum absolute atomic E-state index is 11.5. The third-order valence-corrected chi connectivity index (χ3v) is 5.31. The molecule has 2 aliphatic heterocycles. The van der Waals surface area contributed by atoms with Gasteiger partial charge in [0.2, 0.25) is 12.4 Å². The second-order valence-corrected chi connectivity index (χ2v) is 8.72. The van der Waals surface area contributed by atoms with Gasteiger partial charge in [-0.2, -0.15) is 12.0 Å². The summed E-state index contributed by atoms with van der Waals surface area (Å²) in [7, 11) is 0.750. The van der Waals surface area contributed by atoms with Gasteiger partial charge in [0.25, 0.3) is 0 Å². The number of carbonyl (C=O) groups excluding carboxylic acids is 6. The Morgan fingerprint density at radius 3 is 1.67 bits per heavy atom. The predicted molar refractivity (Wildman–Crippen MR) is 136 cm³/mol. The largest absolute Gasteiger partial charge is 1.00 e. The number of cyclic esters (lactones) is 1. The Labute approximate surface area is 321 Å². The van der Waals surface area contributed by atoms with Crippen LogP contribution in [0.15, 0.2) is 10.4 Å². The van der Waals surface area contributed by atoms with Crippen LogP contribution in [0, 0.1) is 10.5 Å². The monoisotopic (exact) mass is 735 g/mol. The molecule has 2 rings (SSSR count). The van der Waals surface area contributed by atoms with E-state index in [9.17, 15) is 49.3 Å². The molecule has 0 aliphatic carbocycles. The van der Waals surface area contributed by atoms with Gasteiger partial charge in [-0.25, -0.2) is 4.79 Å². The van der Waals surface area contributed by atoms with E-state index < -0.39 is 104 Å². The van der Waals surface area contributed by atoms with Crippen LogP contribution in [0.2, 0.25) is 0 Å². The Hall–Kier alpha value is -2.46. The molecule has 9 atom stereocenters. The number of hydrogen-bond acceptors (Lipinski definition) is 24. The molecule has 0 saturated carbocycles. The van der Waals surface area contributed by atoms with Gasteiger partial charge in [-0.15, -0.1) is 5.11 Å². The summed E-state index contributed by atoms with van der Waals surface area (Å²) >= 11 is 0. The Morgan fingerprint density at radius 1 is 0.816 bits per heavy atom. The van der Waals surface area contributed by atoms with Crippen molar-refractivity contribution in [1.82, 2.24) is 0 Å². The van der Waals surface area contributed by atoms with Crippen LogP contribution in [0.1, 0.15) is 34.6 Å². The van der Waals surface area contributed by atoms with Crippen molar-refractivity contribution in [2.45, 2.75) is 89.4 Å². The second-order valence-electron chi connectivity index (χ2n) is 8.72. The molecular weight excluding hydrogens is 700 g/mol. The van der Waals surface area contributed by atoms with Crippen LogP contribution in [-0.4, -0.2) is 131 Å². The number of carbonyl (C=O) groups is 6. The fraction of sp³-hybridized carbons (Fsp3) is 0.739. The molecule has 0 radical (unpaired) electrons. The quantitative estimate of drug-likeness (QED) is 0.0279. The van der Waals surface area contributed by atoms with Gasteiger partial charge < -0.3 is 68.9 Å². The Balaban J connectivity index is -0.000000395. The summed E-state index contributed by atoms with van der Waals surface area (Å²) in [5.41, 5.74) is 1.56. The first-order valence-corrected chi connectivity index (χ1v) is 12.7. The molecule has 0 spiro atoms. The van der Waals surface area contributed by atoms with Crippen molar-refractivity contribution in [2.24, 2.45) is 10.4 Å². The van der Waals surface area contributed by atoms with Crippen LogP contribution in [0.5, 0.6) is 0 Å². The van der Waals surface area contributed by atoms with Gasteiger partial charge in [0.15, 0.2) is 18.3 Å². The Kier molecular flexibility index (Phi) is 29.7. The van der Waals surface area contributed by atoms with Gasteiger partial charge in [0.1, 0.15) is 24.9 Å². The zero-order valence-corrected chi connectivity index (χ0v) is 31.7. The number of nitrogens with one attached hydrogen (secondary N) is 1. The van der Waals surface area contributed by atoms with Crippen LogP contribution in [-0.2, 0) is 66.9 Å². The molecule has 26 heteroatoms. The van der Waals surface area contributed by atoms with Crippen LogP contribution in [0.4, 0.5) is 0 Å². The second kappa shape index (κ2) is 27.3. The molecule has 0 aromatic carbocycles. The van der Waals surface area contributed by atoms with Crippen molar-refractivity contribution < 1.29 is 157 Å². The molecule has 2 fully saturated rings. The number of nitroso groups, excluding NO2 is 1. The van der Waals surface area contributed by atoms with Crippen molar-refractivity contribution in [3.63, 3.8) is 0 Å². The normalized spacial score (nSPS) is 28.1. The first kappa shape index (κ1) is 53.3. The van der Waals surface area contributed by atoms with E-state index in [-0.39, 0.29) is 59.1 Å². The molecule has 4 unspecified atom stereocenters. The fourth-order valence-corrected chi connectivity index (χ4v) is 3.63. The molecule has 24 nitrogen and oxygen atoms in total. The zero-order valence-electron chi connectivity index (χ0n) is 27.7. The van der Waals surface area contributed by atoms with Gasteiger partial charge in [-0.3, -0.25) is 24.0 Å². The summed E-state index contributed by atoms with van der Waals surface area (Å²) in [5, 5.41) is 59.7. The summed E-state index contributed by atoms with van der Waals surface area (Å²) in [6, 6.07) is 0. The minimum Gasteiger partial charge on any atom is -0.857 e. The molecule has 5 N–H and O–H groups in total. The van der Waals surface area contributed by atoms with E-state index in [2.05, 4.69) is 25.7 Å². The van der Waals surface area contributed by atoms with E-state index in [1.807, 2.05) is 0 Å². The number of esters is 6. The Bertz CT molecular complexity index is 1090. The number of aliphatic hydroxyl groups is 4. The molecule has 2 heterocycles. The molecule has 270 valence electrons. The Morgan fingerprint density at radius 2 is 1.27 bits per heavy atom. The topological polar surface area (TPSA) is 369 Å². The molecule has 0 aromatic heterocycles. The first-order valence-electron chi connectivity index (χ1n) is 12.7. The van der Waals surface area contributed by atoms with Gasteiger partial charge in [-0.1, -0.05) is 5.59 Å². The van der Waals surface area contributed by atoms with E-state index in [4.69, 9.17) is 43.5 Å². The van der Waals surface area contributed by atoms with E-state index in [1.165, 1.54) is 0 Å². The average molecular weight is 736 g/mol. The number of hydrogen-bond donors (Lipinski definition) is 5. The predicted octanol–water partition coefficient (Wildman–Crippen LogP) is -11.1. The maximum atomic E-state index is 11.5. The van der Waals surface area contributed by atoms with Crippen LogP contribution >= 0.6 is 0 Å². The van der Waals surface area contributed by atoms with Crippen molar-refractivity contribution in [3.05, 3.63) is 4.91 Å². The van der Waals surface area contributed by atoms with Gasteiger partial charge in [0.05, 0.1) is 6.61 Å². The standard InChI is InChI=1S/C16H22O11.C6H10N2O8.CH3O.HNO.2Na/c1-7(17)22-6-12-13(23-8(2)18)14(24-9(3)19)15(25-10(4)20)16(27-12)26-11(5)21;9-1-2-3(10)4(11)6(13,5(12)15-2)7-8-16-14;2*1-2;;/h12-16H,6H2,1-5H3;2-4,9-11,13-14H,1H2;1H3;1H;;/q;;-1;;2*+1/p-1/t12?,13-,14+,15?,16+;2?,3-,4+,6?;;;;/m11..../s1. The van der Waals surface area contributed by atoms with Crippen molar-refractivity contribution >= 4 is 35.8 Å². The van der Waals surface area contributed by atoms with Crippen LogP contribution < -0.4 is 69.5 Å². The smallest absolute Gasteiger partial charge is 0.857 e. The van der Waals surface area contributed by atoms with E-state index in [0.29, 0.717) is 0 Å². The molecule has 2 saturated heterocycles. The van der Waals surface area contributed by atoms with E-state index >= 15 is 0 Å². The SMILES string of the molecule is CC(=O)OCC1O[C@H](OC(C)=O)C(OC(C)=O)[C@@H](OC(C)=O)[C@@H]1OC(C)=O.C[O-].N=O.O=C1OC(CO)[C@@H](O)[C@H](O)C1(O)N=NO[O-].[Na+].[Na+]. The molecule has 0 amide bonds. The number of aliphatic hydroxyl groups excluding tert-OH is 3. The third-order valence-electron chi connectivity index (χ3n) is 5.31. The van der Waals surface area contributed by atoms with Gasteiger partial charge >= 0.3 is 101 Å². The summed E-state index contributed by atoms with van der Waals surface area (Å²) in [5.74, 6) is -5.18. The van der Waals surface area contributed by atoms with Crippen molar-refractivity contribution in [3.8, 4) is 0 Å². The summed E-state index contributed by atoms with van der Waals surface area (Å²) < 4.78 is 35.2. The molecule has 0 bridgehead atoms. The number of rotatable bonds is 9. The summed E-state index contributed by atoms with van der Waals surface area (Å²) in [6.07, 6.45) is -12.0. The average Bonchev–Trinajstić information content (AvgIpc) is 3.00. The van der Waals surface area contributed by atoms with Crippen LogP contribution in [0.3, 0.4) is 0 Å². The molecule has 2 aliphatic rings. The summed E-state index contributed by atoms with van der Waals surface area (Å²) in [4.78, 5) is 78.6. The van der Waals surface area contributed by atoms with Crippen molar-refractivity contribution in [1.29, 1.82) is 5.59 Å². The van der Waals surface area contributed by atoms with E-state index in [1.54, 1.807) is 0 Å². The summed E-state index contributed by atoms with van der Waals surface area (Å²) in [6.45, 7) is 4.37. The molecule has 49 heavy (non-hydrogen) atoms. The van der Waals surface area contributed by atoms with E-state index in [0.717, 1.165) is 41.7 Å². The maximum Gasteiger partial charge on any atom is 1.00 e. The zero-order chi connectivity index (χ0) is 37.1. The number of nitrogens with zero attached hydrogens (tertiary/aromatic N) is 2. The van der Waals surface area contributed by atoms with Gasteiger partial charge in [0, 0.05) is 39.9 Å². The molecule has 0 aromatic rings. The fourth-order valence-electron chi connectivity index (χ4n) is 3.63. The van der Waals surface area contributed by atoms with Crippen molar-refractivity contribution in [2.75, 3.05) is 20.3 Å². The minimum atomic E-state index is -2.94. The third kappa shape index (κ3) is 17.9. The number of ether oxygens (including phenoxy) is 7. The first-order chi connectivity index (χ1) is 22.0.